The molecule has 0 radical (unpaired) electrons. The van der Waals surface area contributed by atoms with Gasteiger partial charge in [-0.15, -0.1) is 11.6 Å². The Morgan fingerprint density at radius 2 is 2.32 bits per heavy atom. The molecule has 0 spiro atoms. The van der Waals surface area contributed by atoms with Crippen LogP contribution in [0.2, 0.25) is 0 Å². The molecule has 1 heterocycles. The van der Waals surface area contributed by atoms with Gasteiger partial charge < -0.3 is 9.64 Å². The van der Waals surface area contributed by atoms with E-state index in [2.05, 4.69) is 15.9 Å². The van der Waals surface area contributed by atoms with Gasteiger partial charge in [-0.25, -0.2) is 0 Å². The molecule has 0 aliphatic carbocycles. The van der Waals surface area contributed by atoms with E-state index in [-0.39, 0.29) is 18.1 Å². The number of rotatable bonds is 2. The van der Waals surface area contributed by atoms with E-state index >= 15 is 0 Å². The Morgan fingerprint density at radius 3 is 2.95 bits per heavy atom. The first kappa shape index (κ1) is 14.8. The lowest BCUT2D eigenvalue weighted by Crippen LogP contribution is -2.51. The molecule has 1 aromatic rings. The molecular weight excluding hydrogens is 330 g/mol. The summed E-state index contributed by atoms with van der Waals surface area (Å²) in [6.45, 7) is 5.07. The quantitative estimate of drug-likeness (QED) is 0.770. The Morgan fingerprint density at radius 1 is 1.58 bits per heavy atom. The summed E-state index contributed by atoms with van der Waals surface area (Å²) in [6.07, 6.45) is -0.0710. The summed E-state index contributed by atoms with van der Waals surface area (Å²) < 4.78 is 6.58. The zero-order valence-corrected chi connectivity index (χ0v) is 13.4. The van der Waals surface area contributed by atoms with Gasteiger partial charge in [-0.2, -0.15) is 0 Å². The Hall–Kier alpha value is -0.580. The fourth-order valence-corrected chi connectivity index (χ4v) is 2.57. The van der Waals surface area contributed by atoms with Gasteiger partial charge >= 0.3 is 0 Å². The number of hydrogen-bond acceptors (Lipinski definition) is 2. The molecule has 3 nitrogen and oxygen atoms in total. The summed E-state index contributed by atoms with van der Waals surface area (Å²) in [7, 11) is 0. The Bertz CT molecular complexity index is 481. The Labute approximate surface area is 127 Å². The van der Waals surface area contributed by atoms with Crippen LogP contribution in [0, 0.1) is 6.92 Å². The number of benzene rings is 1. The Balaban J connectivity index is 2.19. The molecule has 1 saturated heterocycles. The summed E-state index contributed by atoms with van der Waals surface area (Å²) in [4.78, 5) is 14.4. The van der Waals surface area contributed by atoms with Gasteiger partial charge in [0, 0.05) is 16.6 Å². The summed E-state index contributed by atoms with van der Waals surface area (Å²) in [5.74, 6) is 0.456. The van der Waals surface area contributed by atoms with Crippen LogP contribution in [0.25, 0.3) is 0 Å². The summed E-state index contributed by atoms with van der Waals surface area (Å²) in [5.41, 5.74) is 1.77. The van der Waals surface area contributed by atoms with E-state index in [0.29, 0.717) is 24.6 Å². The lowest BCUT2D eigenvalue weighted by atomic mass is 10.1. The van der Waals surface area contributed by atoms with Crippen LogP contribution >= 0.6 is 27.5 Å². The topological polar surface area (TPSA) is 29.5 Å². The summed E-state index contributed by atoms with van der Waals surface area (Å²) in [6, 6.07) is 5.74. The van der Waals surface area contributed by atoms with Crippen molar-refractivity contribution in [3.05, 3.63) is 33.8 Å². The Kier molecular flexibility index (Phi) is 4.87. The maximum absolute atomic E-state index is 12.5. The maximum atomic E-state index is 12.5. The molecule has 1 aliphatic heterocycles. The zero-order chi connectivity index (χ0) is 14.0. The average Bonchev–Trinajstić information content (AvgIpc) is 2.41. The third-order valence-corrected chi connectivity index (χ3v) is 4.58. The first-order valence-corrected chi connectivity index (χ1v) is 7.60. The minimum absolute atomic E-state index is 0.0431. The molecule has 1 amide bonds. The first-order chi connectivity index (χ1) is 9.02. The van der Waals surface area contributed by atoms with E-state index < -0.39 is 0 Å². The van der Waals surface area contributed by atoms with Crippen LogP contribution in [0.5, 0.6) is 0 Å². The van der Waals surface area contributed by atoms with E-state index in [4.69, 9.17) is 16.3 Å². The van der Waals surface area contributed by atoms with Gasteiger partial charge in [0.05, 0.1) is 24.6 Å². The highest BCUT2D eigenvalue weighted by Gasteiger charge is 2.29. The number of morpholine rings is 1. The van der Waals surface area contributed by atoms with Crippen molar-refractivity contribution in [1.82, 2.24) is 4.90 Å². The van der Waals surface area contributed by atoms with Crippen molar-refractivity contribution in [3.8, 4) is 0 Å². The van der Waals surface area contributed by atoms with Gasteiger partial charge in [0.1, 0.15) is 0 Å². The first-order valence-electron chi connectivity index (χ1n) is 6.27. The van der Waals surface area contributed by atoms with Gasteiger partial charge in [-0.05, 0) is 37.6 Å². The lowest BCUT2D eigenvalue weighted by molar-refractivity contribution is -0.0371. The minimum atomic E-state index is -0.0710. The molecule has 0 bridgehead atoms. The van der Waals surface area contributed by atoms with Gasteiger partial charge in [0.2, 0.25) is 0 Å². The summed E-state index contributed by atoms with van der Waals surface area (Å²) in [5, 5.41) is 0. The number of carbonyl (C=O) groups is 1. The van der Waals surface area contributed by atoms with Gasteiger partial charge in [-0.1, -0.05) is 15.9 Å². The molecule has 2 atom stereocenters. The molecule has 0 N–H and O–H groups in total. The van der Waals surface area contributed by atoms with Gasteiger partial charge in [0.15, 0.2) is 0 Å². The van der Waals surface area contributed by atoms with Crippen LogP contribution in [0.15, 0.2) is 22.7 Å². The monoisotopic (exact) mass is 345 g/mol. The van der Waals surface area contributed by atoms with Crippen LogP contribution in [-0.2, 0) is 4.74 Å². The van der Waals surface area contributed by atoms with Crippen molar-refractivity contribution in [2.45, 2.75) is 26.0 Å². The summed E-state index contributed by atoms with van der Waals surface area (Å²) >= 11 is 9.27. The van der Waals surface area contributed by atoms with Gasteiger partial charge in [0.25, 0.3) is 5.91 Å². The average molecular weight is 347 g/mol. The maximum Gasteiger partial charge on any atom is 0.254 e. The number of ether oxygens (including phenoxy) is 1. The fraction of sp³-hybridized carbons (Fsp3) is 0.500. The van der Waals surface area contributed by atoms with Crippen molar-refractivity contribution < 1.29 is 9.53 Å². The number of carbonyl (C=O) groups excluding carboxylic acids is 1. The molecule has 19 heavy (non-hydrogen) atoms. The number of amides is 1. The standard InChI is InChI=1S/C14H17BrClNO2/c1-9-5-11(3-4-13(9)15)14(18)17-7-12(6-16)19-8-10(17)2/h3-5,10,12H,6-8H2,1-2H3. The molecule has 104 valence electrons. The third kappa shape index (κ3) is 3.30. The number of alkyl halides is 1. The largest absolute Gasteiger partial charge is 0.373 e. The predicted molar refractivity (Wildman–Crippen MR) is 79.8 cm³/mol. The van der Waals surface area contributed by atoms with Gasteiger partial charge in [-0.3, -0.25) is 4.79 Å². The van der Waals surface area contributed by atoms with Crippen molar-refractivity contribution in [2.24, 2.45) is 0 Å². The number of aryl methyl sites for hydroxylation is 1. The predicted octanol–water partition coefficient (Wildman–Crippen LogP) is 3.23. The van der Waals surface area contributed by atoms with Crippen molar-refractivity contribution in [2.75, 3.05) is 19.0 Å². The highest BCUT2D eigenvalue weighted by molar-refractivity contribution is 9.10. The minimum Gasteiger partial charge on any atom is -0.373 e. The normalized spacial score (nSPS) is 23.5. The van der Waals surface area contributed by atoms with Crippen LogP contribution < -0.4 is 0 Å². The number of nitrogens with zero attached hydrogens (tertiary/aromatic N) is 1. The molecule has 1 aromatic carbocycles. The molecule has 0 saturated carbocycles. The SMILES string of the molecule is Cc1cc(C(=O)N2CC(CCl)OCC2C)ccc1Br. The van der Waals surface area contributed by atoms with Crippen molar-refractivity contribution in [3.63, 3.8) is 0 Å². The highest BCUT2D eigenvalue weighted by Crippen LogP contribution is 2.21. The van der Waals surface area contributed by atoms with E-state index in [1.54, 1.807) is 0 Å². The lowest BCUT2D eigenvalue weighted by Gasteiger charge is -2.37. The smallest absolute Gasteiger partial charge is 0.254 e. The second-order valence-electron chi connectivity index (χ2n) is 4.88. The van der Waals surface area contributed by atoms with Crippen molar-refractivity contribution in [1.29, 1.82) is 0 Å². The van der Waals surface area contributed by atoms with Crippen LogP contribution in [0.1, 0.15) is 22.8 Å². The zero-order valence-electron chi connectivity index (χ0n) is 11.0. The second kappa shape index (κ2) is 6.25. The highest BCUT2D eigenvalue weighted by atomic mass is 79.9. The fourth-order valence-electron chi connectivity index (χ4n) is 2.14. The van der Waals surface area contributed by atoms with Crippen molar-refractivity contribution >= 4 is 33.4 Å². The molecule has 0 aromatic heterocycles. The van der Waals surface area contributed by atoms with Crippen LogP contribution in [0.4, 0.5) is 0 Å². The second-order valence-corrected chi connectivity index (χ2v) is 6.04. The molecule has 1 fully saturated rings. The van der Waals surface area contributed by atoms with E-state index in [1.165, 1.54) is 0 Å². The van der Waals surface area contributed by atoms with Crippen LogP contribution in [-0.4, -0.2) is 42.0 Å². The van der Waals surface area contributed by atoms with E-state index in [0.717, 1.165) is 10.0 Å². The van der Waals surface area contributed by atoms with E-state index in [9.17, 15) is 4.79 Å². The molecular formula is C14H17BrClNO2. The third-order valence-electron chi connectivity index (χ3n) is 3.34. The number of hydrogen-bond donors (Lipinski definition) is 0. The molecule has 2 rings (SSSR count). The molecule has 1 aliphatic rings. The molecule has 2 unspecified atom stereocenters. The van der Waals surface area contributed by atoms with E-state index in [1.807, 2.05) is 36.9 Å². The molecule has 5 heteroatoms. The van der Waals surface area contributed by atoms with Crippen LogP contribution in [0.3, 0.4) is 0 Å². The number of halogens is 2.